The Morgan fingerprint density at radius 1 is 1.25 bits per heavy atom. The molecule has 2 N–H and O–H groups in total. The molecular weight excluding hydrogens is 300 g/mol. The van der Waals surface area contributed by atoms with E-state index in [1.54, 1.807) is 0 Å². The quantitative estimate of drug-likeness (QED) is 0.769. The molecule has 1 saturated carbocycles. The van der Waals surface area contributed by atoms with Crippen molar-refractivity contribution in [3.63, 3.8) is 0 Å². The molecule has 1 aliphatic rings. The van der Waals surface area contributed by atoms with E-state index in [2.05, 4.69) is 29.3 Å². The van der Waals surface area contributed by atoms with Crippen molar-refractivity contribution in [3.05, 3.63) is 35.9 Å². The van der Waals surface area contributed by atoms with Gasteiger partial charge in [-0.25, -0.2) is 0 Å². The molecule has 0 aromatic heterocycles. The molecule has 1 aliphatic carbocycles. The molecule has 0 bridgehead atoms. The first kappa shape index (κ1) is 18.9. The molecule has 0 saturated heterocycles. The average Bonchev–Trinajstić information content (AvgIpc) is 2.62. The number of aliphatic hydroxyl groups excluding tert-OH is 1. The molecule has 0 spiro atoms. The monoisotopic (exact) mass is 332 g/mol. The van der Waals surface area contributed by atoms with Crippen LogP contribution in [0.5, 0.6) is 0 Å². The van der Waals surface area contributed by atoms with Gasteiger partial charge in [-0.05, 0) is 50.6 Å². The van der Waals surface area contributed by atoms with Crippen LogP contribution in [0.4, 0.5) is 0 Å². The summed E-state index contributed by atoms with van der Waals surface area (Å²) in [6, 6.07) is 10.8. The first-order valence-corrected chi connectivity index (χ1v) is 9.29. The fourth-order valence-electron chi connectivity index (χ4n) is 3.66. The molecule has 0 aliphatic heterocycles. The third-order valence-electron chi connectivity index (χ3n) is 5.21. The van der Waals surface area contributed by atoms with E-state index in [0.29, 0.717) is 25.1 Å². The van der Waals surface area contributed by atoms with E-state index in [4.69, 9.17) is 0 Å². The second-order valence-electron chi connectivity index (χ2n) is 7.09. The minimum absolute atomic E-state index is 0.0993. The number of benzene rings is 1. The van der Waals surface area contributed by atoms with Gasteiger partial charge in [0, 0.05) is 12.6 Å². The van der Waals surface area contributed by atoms with Crippen molar-refractivity contribution < 1.29 is 9.90 Å². The van der Waals surface area contributed by atoms with Crippen LogP contribution in [0.2, 0.25) is 0 Å². The highest BCUT2D eigenvalue weighted by molar-refractivity contribution is 5.78. The number of hydrogen-bond acceptors (Lipinski definition) is 3. The fourth-order valence-corrected chi connectivity index (χ4v) is 3.66. The lowest BCUT2D eigenvalue weighted by Gasteiger charge is -2.34. The molecule has 134 valence electrons. The number of carbonyl (C=O) groups is 1. The second-order valence-corrected chi connectivity index (χ2v) is 7.09. The van der Waals surface area contributed by atoms with Crippen molar-refractivity contribution in [1.82, 2.24) is 10.2 Å². The molecule has 1 aromatic carbocycles. The van der Waals surface area contributed by atoms with E-state index in [1.165, 1.54) is 5.56 Å². The number of nitrogens with one attached hydrogen (secondary N) is 1. The van der Waals surface area contributed by atoms with Crippen LogP contribution in [0.3, 0.4) is 0 Å². The zero-order valence-corrected chi connectivity index (χ0v) is 15.1. The molecule has 1 amide bonds. The molecule has 0 heterocycles. The number of likely N-dealkylation sites (N-methyl/N-ethyl adjacent to an activating group) is 1. The zero-order chi connectivity index (χ0) is 17.4. The average molecular weight is 332 g/mol. The highest BCUT2D eigenvalue weighted by Crippen LogP contribution is 2.26. The summed E-state index contributed by atoms with van der Waals surface area (Å²) in [5, 5.41) is 12.4. The number of nitrogens with zero attached hydrogens (tertiary/aromatic N) is 1. The smallest absolute Gasteiger partial charge is 0.234 e. The molecule has 1 aromatic rings. The first-order valence-electron chi connectivity index (χ1n) is 9.29. The van der Waals surface area contributed by atoms with Crippen LogP contribution in [0.15, 0.2) is 30.3 Å². The van der Waals surface area contributed by atoms with Gasteiger partial charge in [-0.15, -0.1) is 0 Å². The van der Waals surface area contributed by atoms with Crippen LogP contribution < -0.4 is 5.32 Å². The molecule has 0 radical (unpaired) electrons. The van der Waals surface area contributed by atoms with Crippen LogP contribution in [-0.4, -0.2) is 42.2 Å². The molecule has 1 atom stereocenters. The van der Waals surface area contributed by atoms with Gasteiger partial charge < -0.3 is 10.4 Å². The molecule has 2 rings (SSSR count). The van der Waals surface area contributed by atoms with Crippen molar-refractivity contribution in [2.24, 2.45) is 5.92 Å². The Morgan fingerprint density at radius 2 is 1.92 bits per heavy atom. The van der Waals surface area contributed by atoms with E-state index in [-0.39, 0.29) is 11.9 Å². The summed E-state index contributed by atoms with van der Waals surface area (Å²) in [5.41, 5.74) is 1.18. The van der Waals surface area contributed by atoms with Crippen molar-refractivity contribution >= 4 is 5.91 Å². The number of aliphatic hydroxyl groups is 1. The van der Waals surface area contributed by atoms with Crippen LogP contribution in [0.1, 0.15) is 57.1 Å². The molecule has 4 heteroatoms. The number of rotatable bonds is 8. The van der Waals surface area contributed by atoms with Gasteiger partial charge in [-0.1, -0.05) is 43.7 Å². The number of carbonyl (C=O) groups excluding carboxylic acids is 1. The normalized spacial score (nSPS) is 22.3. The van der Waals surface area contributed by atoms with Gasteiger partial charge in [0.05, 0.1) is 12.6 Å². The van der Waals surface area contributed by atoms with Gasteiger partial charge in [0.15, 0.2) is 0 Å². The van der Waals surface area contributed by atoms with Crippen LogP contribution >= 0.6 is 0 Å². The standard InChI is InChI=1S/C20H32N2O2/c1-3-7-19(17-8-5-4-6-9-17)21-20(24)14-22(2)18-12-10-16(15-23)11-13-18/h4-6,8-9,16,18-19,23H,3,7,10-15H2,1-2H3,(H,21,24). The third kappa shape index (κ3) is 5.60. The van der Waals surface area contributed by atoms with Crippen LogP contribution in [0.25, 0.3) is 0 Å². The molecule has 4 nitrogen and oxygen atoms in total. The van der Waals surface area contributed by atoms with E-state index < -0.39 is 0 Å². The maximum absolute atomic E-state index is 12.5. The minimum atomic E-state index is 0.0993. The fraction of sp³-hybridized carbons (Fsp3) is 0.650. The Kier molecular flexibility index (Phi) is 7.73. The summed E-state index contributed by atoms with van der Waals surface area (Å²) in [6.45, 7) is 2.89. The third-order valence-corrected chi connectivity index (χ3v) is 5.21. The van der Waals surface area contributed by atoms with E-state index in [1.807, 2.05) is 25.2 Å². The first-order chi connectivity index (χ1) is 11.6. The Hall–Kier alpha value is -1.39. The summed E-state index contributed by atoms with van der Waals surface area (Å²) < 4.78 is 0. The van der Waals surface area contributed by atoms with E-state index in [0.717, 1.165) is 38.5 Å². The number of hydrogen-bond donors (Lipinski definition) is 2. The van der Waals surface area contributed by atoms with Gasteiger partial charge in [0.2, 0.25) is 5.91 Å². The lowest BCUT2D eigenvalue weighted by molar-refractivity contribution is -0.123. The largest absolute Gasteiger partial charge is 0.396 e. The lowest BCUT2D eigenvalue weighted by atomic mass is 9.86. The van der Waals surface area contributed by atoms with Crippen molar-refractivity contribution in [3.8, 4) is 0 Å². The summed E-state index contributed by atoms with van der Waals surface area (Å²) >= 11 is 0. The van der Waals surface area contributed by atoms with Crippen molar-refractivity contribution in [2.45, 2.75) is 57.5 Å². The van der Waals surface area contributed by atoms with Crippen molar-refractivity contribution in [2.75, 3.05) is 20.2 Å². The van der Waals surface area contributed by atoms with E-state index in [9.17, 15) is 9.90 Å². The van der Waals surface area contributed by atoms with Gasteiger partial charge in [0.1, 0.15) is 0 Å². The Bertz CT molecular complexity index is 484. The van der Waals surface area contributed by atoms with E-state index >= 15 is 0 Å². The second kappa shape index (κ2) is 9.80. The SMILES string of the molecule is CCCC(NC(=O)CN(C)C1CCC(CO)CC1)c1ccccc1. The van der Waals surface area contributed by atoms with Gasteiger partial charge in [-0.2, -0.15) is 0 Å². The molecule has 1 unspecified atom stereocenters. The van der Waals surface area contributed by atoms with Gasteiger partial charge >= 0.3 is 0 Å². The summed E-state index contributed by atoms with van der Waals surface area (Å²) in [4.78, 5) is 14.7. The van der Waals surface area contributed by atoms with Gasteiger partial charge in [0.25, 0.3) is 0 Å². The Morgan fingerprint density at radius 3 is 2.50 bits per heavy atom. The maximum Gasteiger partial charge on any atom is 0.234 e. The van der Waals surface area contributed by atoms with Crippen LogP contribution in [0, 0.1) is 5.92 Å². The molecule has 1 fully saturated rings. The summed E-state index contributed by atoms with van der Waals surface area (Å²) in [6.07, 6.45) is 6.28. The minimum Gasteiger partial charge on any atom is -0.396 e. The number of amides is 1. The van der Waals surface area contributed by atoms with Crippen LogP contribution in [-0.2, 0) is 4.79 Å². The summed E-state index contributed by atoms with van der Waals surface area (Å²) in [5.74, 6) is 0.555. The molecule has 24 heavy (non-hydrogen) atoms. The Balaban J connectivity index is 1.84. The topological polar surface area (TPSA) is 52.6 Å². The molecular formula is C20H32N2O2. The maximum atomic E-state index is 12.5. The Labute approximate surface area is 146 Å². The predicted octanol–water partition coefficient (Wildman–Crippen LogP) is 3.13. The van der Waals surface area contributed by atoms with Crippen molar-refractivity contribution in [1.29, 1.82) is 0 Å². The lowest BCUT2D eigenvalue weighted by Crippen LogP contribution is -2.43. The highest BCUT2D eigenvalue weighted by atomic mass is 16.3. The summed E-state index contributed by atoms with van der Waals surface area (Å²) in [7, 11) is 2.04. The van der Waals surface area contributed by atoms with Gasteiger partial charge in [-0.3, -0.25) is 9.69 Å². The predicted molar refractivity (Wildman–Crippen MR) is 97.7 cm³/mol. The highest BCUT2D eigenvalue weighted by Gasteiger charge is 2.25. The zero-order valence-electron chi connectivity index (χ0n) is 15.1.